The standard InChI is InChI=1S/C18H20O3/c1-13(2)20-18(19)14(3)15-8-7-11-17(12-15)21-16-9-5-4-6-10-16/h4-14H,1-3H3. The van der Waals surface area contributed by atoms with Gasteiger partial charge in [-0.25, -0.2) is 0 Å². The summed E-state index contributed by atoms with van der Waals surface area (Å²) in [5.41, 5.74) is 0.883. The van der Waals surface area contributed by atoms with Gasteiger partial charge in [-0.3, -0.25) is 4.79 Å². The second-order valence-corrected chi connectivity index (χ2v) is 5.19. The summed E-state index contributed by atoms with van der Waals surface area (Å²) in [6, 6.07) is 17.1. The van der Waals surface area contributed by atoms with E-state index in [0.29, 0.717) is 5.75 Å². The zero-order chi connectivity index (χ0) is 15.2. The number of para-hydroxylation sites is 1. The highest BCUT2D eigenvalue weighted by molar-refractivity contribution is 5.78. The summed E-state index contributed by atoms with van der Waals surface area (Å²) >= 11 is 0. The molecule has 0 fully saturated rings. The Hall–Kier alpha value is -2.29. The zero-order valence-corrected chi connectivity index (χ0v) is 12.6. The molecule has 0 aliphatic carbocycles. The molecule has 0 bridgehead atoms. The zero-order valence-electron chi connectivity index (χ0n) is 12.6. The predicted octanol–water partition coefficient (Wildman–Crippen LogP) is 4.53. The molecule has 0 saturated heterocycles. The van der Waals surface area contributed by atoms with E-state index in [4.69, 9.17) is 9.47 Å². The van der Waals surface area contributed by atoms with Crippen LogP contribution < -0.4 is 4.74 Å². The minimum atomic E-state index is -0.313. The van der Waals surface area contributed by atoms with Gasteiger partial charge in [-0.2, -0.15) is 0 Å². The highest BCUT2D eigenvalue weighted by Gasteiger charge is 2.18. The van der Waals surface area contributed by atoms with Gasteiger partial charge in [0, 0.05) is 0 Å². The fourth-order valence-electron chi connectivity index (χ4n) is 1.94. The molecule has 1 atom stereocenters. The average molecular weight is 284 g/mol. The molecule has 0 heterocycles. The lowest BCUT2D eigenvalue weighted by atomic mass is 10.0. The first kappa shape index (κ1) is 15.1. The monoisotopic (exact) mass is 284 g/mol. The molecule has 0 N–H and O–H groups in total. The first-order chi connectivity index (χ1) is 10.1. The third-order valence-electron chi connectivity index (χ3n) is 3.04. The van der Waals surface area contributed by atoms with Crippen molar-refractivity contribution in [1.29, 1.82) is 0 Å². The number of ether oxygens (including phenoxy) is 2. The fraction of sp³-hybridized carbons (Fsp3) is 0.278. The van der Waals surface area contributed by atoms with E-state index in [1.54, 1.807) is 0 Å². The maximum Gasteiger partial charge on any atom is 0.313 e. The third kappa shape index (κ3) is 4.35. The molecule has 0 spiro atoms. The van der Waals surface area contributed by atoms with Crippen molar-refractivity contribution in [2.24, 2.45) is 0 Å². The van der Waals surface area contributed by atoms with E-state index in [2.05, 4.69) is 0 Å². The van der Waals surface area contributed by atoms with Crippen LogP contribution in [0.5, 0.6) is 11.5 Å². The van der Waals surface area contributed by atoms with Crippen LogP contribution >= 0.6 is 0 Å². The number of carbonyl (C=O) groups is 1. The molecule has 2 rings (SSSR count). The molecule has 2 aromatic carbocycles. The number of benzene rings is 2. The molecule has 21 heavy (non-hydrogen) atoms. The van der Waals surface area contributed by atoms with Crippen molar-refractivity contribution in [1.82, 2.24) is 0 Å². The SMILES string of the molecule is CC(C)OC(=O)C(C)c1cccc(Oc2ccccc2)c1. The summed E-state index contributed by atoms with van der Waals surface area (Å²) in [4.78, 5) is 12.0. The summed E-state index contributed by atoms with van der Waals surface area (Å²) in [7, 11) is 0. The molecular formula is C18H20O3. The number of esters is 1. The van der Waals surface area contributed by atoms with Gasteiger partial charge in [-0.15, -0.1) is 0 Å². The Kier molecular flexibility index (Phi) is 4.99. The molecule has 0 aliphatic rings. The smallest absolute Gasteiger partial charge is 0.313 e. The van der Waals surface area contributed by atoms with E-state index in [1.807, 2.05) is 75.4 Å². The lowest BCUT2D eigenvalue weighted by Crippen LogP contribution is -2.17. The minimum Gasteiger partial charge on any atom is -0.463 e. The molecule has 3 nitrogen and oxygen atoms in total. The van der Waals surface area contributed by atoms with Gasteiger partial charge in [-0.1, -0.05) is 30.3 Å². The van der Waals surface area contributed by atoms with Crippen molar-refractivity contribution in [2.45, 2.75) is 32.8 Å². The van der Waals surface area contributed by atoms with Crippen LogP contribution in [0.4, 0.5) is 0 Å². The Bertz CT molecular complexity index is 590. The van der Waals surface area contributed by atoms with Gasteiger partial charge >= 0.3 is 5.97 Å². The summed E-state index contributed by atoms with van der Waals surface area (Å²) in [6.07, 6.45) is -0.108. The quantitative estimate of drug-likeness (QED) is 0.756. The van der Waals surface area contributed by atoms with Gasteiger partial charge in [0.25, 0.3) is 0 Å². The predicted molar refractivity (Wildman–Crippen MR) is 82.6 cm³/mol. The van der Waals surface area contributed by atoms with Gasteiger partial charge in [-0.05, 0) is 50.6 Å². The van der Waals surface area contributed by atoms with Crippen molar-refractivity contribution in [2.75, 3.05) is 0 Å². The Balaban J connectivity index is 2.12. The molecule has 0 aliphatic heterocycles. The van der Waals surface area contributed by atoms with Gasteiger partial charge in [0.05, 0.1) is 12.0 Å². The highest BCUT2D eigenvalue weighted by Crippen LogP contribution is 2.26. The van der Waals surface area contributed by atoms with Crippen LogP contribution in [0.2, 0.25) is 0 Å². The lowest BCUT2D eigenvalue weighted by Gasteiger charge is -2.15. The van der Waals surface area contributed by atoms with E-state index >= 15 is 0 Å². The normalized spacial score (nSPS) is 12.0. The Morgan fingerprint density at radius 2 is 1.57 bits per heavy atom. The average Bonchev–Trinajstić information content (AvgIpc) is 2.47. The molecule has 110 valence electrons. The molecule has 2 aromatic rings. The second-order valence-electron chi connectivity index (χ2n) is 5.19. The van der Waals surface area contributed by atoms with Crippen LogP contribution in [-0.4, -0.2) is 12.1 Å². The first-order valence-corrected chi connectivity index (χ1v) is 7.09. The molecule has 0 saturated carbocycles. The van der Waals surface area contributed by atoms with Crippen molar-refractivity contribution >= 4 is 5.97 Å². The van der Waals surface area contributed by atoms with Crippen molar-refractivity contribution in [3.8, 4) is 11.5 Å². The largest absolute Gasteiger partial charge is 0.463 e. The molecule has 0 aromatic heterocycles. The van der Waals surface area contributed by atoms with Gasteiger partial charge in [0.2, 0.25) is 0 Å². The van der Waals surface area contributed by atoms with Crippen LogP contribution in [-0.2, 0) is 9.53 Å². The van der Waals surface area contributed by atoms with Crippen molar-refractivity contribution in [3.05, 3.63) is 60.2 Å². The van der Waals surface area contributed by atoms with E-state index in [9.17, 15) is 4.79 Å². The van der Waals surface area contributed by atoms with Crippen LogP contribution in [0, 0.1) is 0 Å². The number of carbonyl (C=O) groups excluding carboxylic acids is 1. The maximum atomic E-state index is 12.0. The Morgan fingerprint density at radius 3 is 2.24 bits per heavy atom. The van der Waals surface area contributed by atoms with Crippen molar-refractivity contribution < 1.29 is 14.3 Å². The van der Waals surface area contributed by atoms with Crippen molar-refractivity contribution in [3.63, 3.8) is 0 Å². The van der Waals surface area contributed by atoms with Crippen LogP contribution in [0.1, 0.15) is 32.3 Å². The molecule has 0 amide bonds. The van der Waals surface area contributed by atoms with Gasteiger partial charge in [0.15, 0.2) is 0 Å². The topological polar surface area (TPSA) is 35.5 Å². The molecule has 3 heteroatoms. The van der Waals surface area contributed by atoms with Gasteiger partial charge < -0.3 is 9.47 Å². The number of hydrogen-bond donors (Lipinski definition) is 0. The van der Waals surface area contributed by atoms with E-state index in [1.165, 1.54) is 0 Å². The number of hydrogen-bond acceptors (Lipinski definition) is 3. The Morgan fingerprint density at radius 1 is 0.905 bits per heavy atom. The summed E-state index contributed by atoms with van der Waals surface area (Å²) in [6.45, 7) is 5.53. The molecule has 1 unspecified atom stereocenters. The summed E-state index contributed by atoms with van der Waals surface area (Å²) in [5, 5.41) is 0. The molecular weight excluding hydrogens is 264 g/mol. The molecule has 0 radical (unpaired) electrons. The minimum absolute atomic E-state index is 0.108. The first-order valence-electron chi connectivity index (χ1n) is 7.09. The van der Waals surface area contributed by atoms with E-state index in [-0.39, 0.29) is 18.0 Å². The van der Waals surface area contributed by atoms with Crippen LogP contribution in [0.25, 0.3) is 0 Å². The number of rotatable bonds is 5. The summed E-state index contributed by atoms with van der Waals surface area (Å²) < 4.78 is 11.0. The van der Waals surface area contributed by atoms with Crippen LogP contribution in [0.15, 0.2) is 54.6 Å². The maximum absolute atomic E-state index is 12.0. The van der Waals surface area contributed by atoms with Crippen LogP contribution in [0.3, 0.4) is 0 Å². The highest BCUT2D eigenvalue weighted by atomic mass is 16.5. The second kappa shape index (κ2) is 6.93. The lowest BCUT2D eigenvalue weighted by molar-refractivity contribution is -0.148. The summed E-state index contributed by atoms with van der Waals surface area (Å²) in [5.74, 6) is 0.948. The fourth-order valence-corrected chi connectivity index (χ4v) is 1.94. The van der Waals surface area contributed by atoms with Gasteiger partial charge in [0.1, 0.15) is 11.5 Å². The third-order valence-corrected chi connectivity index (χ3v) is 3.04. The van der Waals surface area contributed by atoms with E-state index < -0.39 is 0 Å². The Labute approximate surface area is 125 Å². The van der Waals surface area contributed by atoms with E-state index in [0.717, 1.165) is 11.3 Å².